The Morgan fingerprint density at radius 2 is 2.36 bits per heavy atom. The van der Waals surface area contributed by atoms with Gasteiger partial charge in [0.1, 0.15) is 5.69 Å². The molecule has 1 saturated carbocycles. The molecule has 1 aromatic heterocycles. The van der Waals surface area contributed by atoms with Gasteiger partial charge >= 0.3 is 0 Å². The maximum absolute atomic E-state index is 5.92. The van der Waals surface area contributed by atoms with Crippen molar-refractivity contribution in [3.63, 3.8) is 0 Å². The van der Waals surface area contributed by atoms with Crippen LogP contribution in [0.3, 0.4) is 0 Å². The van der Waals surface area contributed by atoms with Crippen molar-refractivity contribution in [2.45, 2.75) is 18.4 Å². The van der Waals surface area contributed by atoms with E-state index in [-0.39, 0.29) is 5.54 Å². The minimum atomic E-state index is -0.210. The second kappa shape index (κ2) is 1.99. The second-order valence-electron chi connectivity index (χ2n) is 3.16. The molecular weight excluding hydrogens is 162 g/mol. The number of hydrogen-bond donors (Lipinski definition) is 1. The third-order valence-electron chi connectivity index (χ3n) is 2.04. The highest BCUT2D eigenvalue weighted by molar-refractivity contribution is 6.31. The number of rotatable bonds is 1. The third kappa shape index (κ3) is 1.04. The number of aromatic nitrogens is 2. The lowest BCUT2D eigenvalue weighted by Gasteiger charge is -2.03. The van der Waals surface area contributed by atoms with E-state index in [4.69, 9.17) is 17.3 Å². The van der Waals surface area contributed by atoms with Crippen LogP contribution < -0.4 is 5.73 Å². The van der Waals surface area contributed by atoms with Crippen LogP contribution in [0.5, 0.6) is 0 Å². The molecule has 4 heteroatoms. The van der Waals surface area contributed by atoms with Gasteiger partial charge in [-0.1, -0.05) is 11.6 Å². The van der Waals surface area contributed by atoms with Gasteiger partial charge in [-0.05, 0) is 12.8 Å². The summed E-state index contributed by atoms with van der Waals surface area (Å²) in [5.41, 5.74) is 6.56. The number of nitrogens with zero attached hydrogens (tertiary/aromatic N) is 2. The minimum absolute atomic E-state index is 0.210. The first-order valence-corrected chi connectivity index (χ1v) is 3.98. The van der Waals surface area contributed by atoms with E-state index in [1.165, 1.54) is 0 Å². The fourth-order valence-corrected chi connectivity index (χ4v) is 1.54. The molecule has 0 atom stereocenters. The molecular formula is C7H10ClN3. The van der Waals surface area contributed by atoms with Gasteiger partial charge in [-0.25, -0.2) is 0 Å². The SMILES string of the molecule is Cn1cc(Cl)c(C2(N)CC2)n1. The highest BCUT2D eigenvalue weighted by Gasteiger charge is 2.43. The van der Waals surface area contributed by atoms with E-state index in [9.17, 15) is 0 Å². The van der Waals surface area contributed by atoms with Crippen LogP contribution in [0.25, 0.3) is 0 Å². The van der Waals surface area contributed by atoms with Crippen LogP contribution in [0.15, 0.2) is 6.20 Å². The molecule has 0 aliphatic heterocycles. The molecule has 0 spiro atoms. The van der Waals surface area contributed by atoms with Crippen LogP contribution in [0.2, 0.25) is 5.02 Å². The molecule has 0 radical (unpaired) electrons. The summed E-state index contributed by atoms with van der Waals surface area (Å²) in [6.07, 6.45) is 3.79. The molecule has 0 saturated heterocycles. The van der Waals surface area contributed by atoms with Gasteiger partial charge in [-0.15, -0.1) is 0 Å². The maximum Gasteiger partial charge on any atom is 0.101 e. The number of halogens is 1. The van der Waals surface area contributed by atoms with Crippen LogP contribution in [-0.2, 0) is 12.6 Å². The van der Waals surface area contributed by atoms with E-state index in [0.29, 0.717) is 5.02 Å². The van der Waals surface area contributed by atoms with Crippen LogP contribution >= 0.6 is 11.6 Å². The topological polar surface area (TPSA) is 43.8 Å². The van der Waals surface area contributed by atoms with E-state index in [1.807, 2.05) is 7.05 Å². The van der Waals surface area contributed by atoms with Gasteiger partial charge in [0.05, 0.1) is 10.6 Å². The number of hydrogen-bond acceptors (Lipinski definition) is 2. The van der Waals surface area contributed by atoms with Gasteiger partial charge in [0, 0.05) is 13.2 Å². The van der Waals surface area contributed by atoms with E-state index >= 15 is 0 Å². The summed E-state index contributed by atoms with van der Waals surface area (Å²) in [5.74, 6) is 0. The summed E-state index contributed by atoms with van der Waals surface area (Å²) < 4.78 is 1.70. The highest BCUT2D eigenvalue weighted by Crippen LogP contribution is 2.44. The fraction of sp³-hybridized carbons (Fsp3) is 0.571. The molecule has 1 aromatic rings. The minimum Gasteiger partial charge on any atom is -0.320 e. The Morgan fingerprint density at radius 3 is 2.73 bits per heavy atom. The van der Waals surface area contributed by atoms with Gasteiger partial charge < -0.3 is 5.73 Å². The largest absolute Gasteiger partial charge is 0.320 e. The second-order valence-corrected chi connectivity index (χ2v) is 3.56. The highest BCUT2D eigenvalue weighted by atomic mass is 35.5. The number of aryl methyl sites for hydroxylation is 1. The maximum atomic E-state index is 5.92. The Balaban J connectivity index is 2.44. The monoisotopic (exact) mass is 171 g/mol. The smallest absolute Gasteiger partial charge is 0.101 e. The molecule has 1 fully saturated rings. The summed E-state index contributed by atoms with van der Waals surface area (Å²) in [6, 6.07) is 0. The van der Waals surface area contributed by atoms with Crippen LogP contribution in [0.1, 0.15) is 18.5 Å². The molecule has 0 aromatic carbocycles. The van der Waals surface area contributed by atoms with Crippen LogP contribution in [-0.4, -0.2) is 9.78 Å². The first kappa shape index (κ1) is 7.13. The van der Waals surface area contributed by atoms with Gasteiger partial charge in [-0.3, -0.25) is 4.68 Å². The first-order valence-electron chi connectivity index (χ1n) is 3.60. The van der Waals surface area contributed by atoms with Gasteiger partial charge in [0.25, 0.3) is 0 Å². The fourth-order valence-electron chi connectivity index (χ4n) is 1.17. The van der Waals surface area contributed by atoms with Crippen molar-refractivity contribution >= 4 is 11.6 Å². The van der Waals surface area contributed by atoms with E-state index in [1.54, 1.807) is 10.9 Å². The van der Waals surface area contributed by atoms with Crippen molar-refractivity contribution in [1.82, 2.24) is 9.78 Å². The van der Waals surface area contributed by atoms with Crippen molar-refractivity contribution < 1.29 is 0 Å². The van der Waals surface area contributed by atoms with Crippen LogP contribution in [0.4, 0.5) is 0 Å². The van der Waals surface area contributed by atoms with Gasteiger partial charge in [0.15, 0.2) is 0 Å². The normalized spacial score (nSPS) is 20.3. The Hall–Kier alpha value is -0.540. The average Bonchev–Trinajstić information content (AvgIpc) is 2.55. The van der Waals surface area contributed by atoms with Crippen molar-refractivity contribution in [2.75, 3.05) is 0 Å². The van der Waals surface area contributed by atoms with Crippen molar-refractivity contribution in [3.8, 4) is 0 Å². The zero-order valence-electron chi connectivity index (χ0n) is 6.34. The van der Waals surface area contributed by atoms with Gasteiger partial charge in [0.2, 0.25) is 0 Å². The van der Waals surface area contributed by atoms with E-state index in [2.05, 4.69) is 5.10 Å². The molecule has 0 unspecified atom stereocenters. The number of nitrogens with two attached hydrogens (primary N) is 1. The van der Waals surface area contributed by atoms with Crippen molar-refractivity contribution in [3.05, 3.63) is 16.9 Å². The summed E-state index contributed by atoms with van der Waals surface area (Å²) >= 11 is 5.91. The van der Waals surface area contributed by atoms with Crippen molar-refractivity contribution in [1.29, 1.82) is 0 Å². The molecule has 1 heterocycles. The molecule has 2 N–H and O–H groups in total. The molecule has 60 valence electrons. The summed E-state index contributed by atoms with van der Waals surface area (Å²) in [7, 11) is 1.85. The first-order chi connectivity index (χ1) is 5.12. The molecule has 0 bridgehead atoms. The summed E-state index contributed by atoms with van der Waals surface area (Å²) in [4.78, 5) is 0. The summed E-state index contributed by atoms with van der Waals surface area (Å²) in [5, 5.41) is 4.89. The molecule has 3 nitrogen and oxygen atoms in total. The quantitative estimate of drug-likeness (QED) is 0.686. The predicted molar refractivity (Wildman–Crippen MR) is 43.3 cm³/mol. The Bertz CT molecular complexity index is 288. The molecule has 1 aliphatic rings. The van der Waals surface area contributed by atoms with Crippen molar-refractivity contribution in [2.24, 2.45) is 12.8 Å². The molecule has 0 amide bonds. The zero-order valence-corrected chi connectivity index (χ0v) is 7.10. The Morgan fingerprint density at radius 1 is 1.73 bits per heavy atom. The predicted octanol–water partition coefficient (Wildman–Crippen LogP) is 1.02. The average molecular weight is 172 g/mol. The molecule has 1 aliphatic carbocycles. The van der Waals surface area contributed by atoms with Gasteiger partial charge in [-0.2, -0.15) is 5.10 Å². The third-order valence-corrected chi connectivity index (χ3v) is 2.32. The standard InChI is InChI=1S/C7H10ClN3/c1-11-4-5(8)6(10-11)7(9)2-3-7/h4H,2-3,9H2,1H3. The lowest BCUT2D eigenvalue weighted by Crippen LogP contribution is -2.20. The lowest BCUT2D eigenvalue weighted by molar-refractivity contribution is 0.659. The van der Waals surface area contributed by atoms with E-state index < -0.39 is 0 Å². The lowest BCUT2D eigenvalue weighted by atomic mass is 10.2. The van der Waals surface area contributed by atoms with E-state index in [0.717, 1.165) is 18.5 Å². The molecule has 11 heavy (non-hydrogen) atoms. The summed E-state index contributed by atoms with van der Waals surface area (Å²) in [6.45, 7) is 0. The molecule has 2 rings (SSSR count). The Kier molecular flexibility index (Phi) is 1.29. The Labute approximate surface area is 70.1 Å². The zero-order chi connectivity index (χ0) is 8.06. The van der Waals surface area contributed by atoms with Crippen LogP contribution in [0, 0.1) is 0 Å².